The largest absolute Gasteiger partial charge is 0.302 e. The normalized spacial score (nSPS) is 19.7. The third-order valence-electron chi connectivity index (χ3n) is 2.42. The van der Waals surface area contributed by atoms with Crippen molar-refractivity contribution < 1.29 is 14.4 Å². The Kier molecular flexibility index (Phi) is 3.40. The highest BCUT2D eigenvalue weighted by Gasteiger charge is 2.39. The van der Waals surface area contributed by atoms with E-state index in [4.69, 9.17) is 23.8 Å². The average molecular weight is 283 g/mol. The first-order valence-corrected chi connectivity index (χ1v) is 5.73. The van der Waals surface area contributed by atoms with Crippen LogP contribution in [0.2, 0.25) is 5.02 Å². The van der Waals surface area contributed by atoms with E-state index >= 15 is 0 Å². The molecule has 1 aliphatic rings. The summed E-state index contributed by atoms with van der Waals surface area (Å²) in [7, 11) is 0. The average Bonchev–Trinajstić information content (AvgIpc) is 2.31. The quantitative estimate of drug-likeness (QED) is 0.497. The molecule has 0 bridgehead atoms. The Bertz CT molecular complexity index is 544. The summed E-state index contributed by atoms with van der Waals surface area (Å²) < 4.78 is 0. The molecule has 1 heterocycles. The summed E-state index contributed by atoms with van der Waals surface area (Å²) in [5, 5.41) is 2.76. The van der Waals surface area contributed by atoms with Gasteiger partial charge < -0.3 is 10.1 Å². The van der Waals surface area contributed by atoms with Gasteiger partial charge in [0.05, 0.1) is 5.69 Å². The van der Waals surface area contributed by atoms with Crippen LogP contribution in [0.4, 0.5) is 5.69 Å². The molecule has 1 aromatic carbocycles. The lowest BCUT2D eigenvalue weighted by atomic mass is 10.1. The van der Waals surface area contributed by atoms with Gasteiger partial charge in [-0.2, -0.15) is 0 Å². The molecular weight excluding hydrogens is 276 g/mol. The van der Waals surface area contributed by atoms with E-state index in [2.05, 4.69) is 5.32 Å². The van der Waals surface area contributed by atoms with Crippen molar-refractivity contribution in [2.24, 2.45) is 5.92 Å². The lowest BCUT2D eigenvalue weighted by Gasteiger charge is -2.30. The van der Waals surface area contributed by atoms with E-state index in [0.717, 1.165) is 4.90 Å². The summed E-state index contributed by atoms with van der Waals surface area (Å²) in [5.74, 6) is -2.74. The van der Waals surface area contributed by atoms with Crippen LogP contribution in [-0.2, 0) is 14.4 Å². The van der Waals surface area contributed by atoms with E-state index in [1.165, 1.54) is 0 Å². The lowest BCUT2D eigenvalue weighted by Crippen LogP contribution is -2.58. The maximum atomic E-state index is 12.0. The molecule has 0 unspecified atom stereocenters. The summed E-state index contributed by atoms with van der Waals surface area (Å²) >= 11 is 10.7. The Morgan fingerprint density at radius 2 is 1.89 bits per heavy atom. The van der Waals surface area contributed by atoms with Gasteiger partial charge in [-0.3, -0.25) is 14.5 Å². The number of rotatable bonds is 2. The Labute approximate surface area is 113 Å². The van der Waals surface area contributed by atoms with Gasteiger partial charge in [0, 0.05) is 5.02 Å². The number of halogens is 1. The fourth-order valence-electron chi connectivity index (χ4n) is 1.55. The molecule has 5 nitrogen and oxygen atoms in total. The van der Waals surface area contributed by atoms with Crippen LogP contribution in [0.15, 0.2) is 24.3 Å². The minimum atomic E-state index is -1.37. The monoisotopic (exact) mass is 282 g/mol. The lowest BCUT2D eigenvalue weighted by molar-refractivity contribution is -0.136. The molecule has 0 spiro atoms. The van der Waals surface area contributed by atoms with Gasteiger partial charge in [-0.15, -0.1) is 0 Å². The van der Waals surface area contributed by atoms with E-state index in [1.54, 1.807) is 24.3 Å². The second-order valence-corrected chi connectivity index (χ2v) is 4.38. The zero-order chi connectivity index (χ0) is 13.3. The molecule has 0 aliphatic carbocycles. The smallest absolute Gasteiger partial charge is 0.253 e. The van der Waals surface area contributed by atoms with Crippen molar-refractivity contribution in [1.29, 1.82) is 0 Å². The van der Waals surface area contributed by atoms with Gasteiger partial charge in [-0.25, -0.2) is 0 Å². The van der Waals surface area contributed by atoms with Crippen molar-refractivity contribution in [1.82, 2.24) is 5.32 Å². The standard InChI is InChI=1S/C11H7ClN2O3S/c12-6-1-3-7(4-2-6)14-10(17)8(5-15)9(16)13-11(14)18/h1-5,8H,(H,13,16,18)/t8-/m1/s1. The second kappa shape index (κ2) is 4.83. The highest BCUT2D eigenvalue weighted by molar-refractivity contribution is 7.80. The number of thiocarbonyl (C=S) groups is 1. The number of nitrogens with one attached hydrogen (secondary N) is 1. The molecule has 2 rings (SSSR count). The van der Waals surface area contributed by atoms with Crippen molar-refractivity contribution >= 4 is 52.7 Å². The number of benzene rings is 1. The molecule has 0 saturated carbocycles. The third kappa shape index (κ3) is 2.12. The summed E-state index contributed by atoms with van der Waals surface area (Å²) in [4.78, 5) is 35.2. The Balaban J connectivity index is 2.39. The van der Waals surface area contributed by atoms with Crippen LogP contribution in [0.1, 0.15) is 0 Å². The fraction of sp³-hybridized carbons (Fsp3) is 0.0909. The zero-order valence-electron chi connectivity index (χ0n) is 8.92. The van der Waals surface area contributed by atoms with E-state index < -0.39 is 17.7 Å². The fourth-order valence-corrected chi connectivity index (χ4v) is 1.97. The number of carbonyl (C=O) groups is 3. The summed E-state index contributed by atoms with van der Waals surface area (Å²) in [5.41, 5.74) is 0.446. The maximum Gasteiger partial charge on any atom is 0.253 e. The number of hydrogen-bond acceptors (Lipinski definition) is 4. The molecule has 1 saturated heterocycles. The Hall–Kier alpha value is -1.79. The molecule has 1 fully saturated rings. The van der Waals surface area contributed by atoms with Gasteiger partial charge in [-0.1, -0.05) is 11.6 Å². The van der Waals surface area contributed by atoms with Crippen molar-refractivity contribution in [2.45, 2.75) is 0 Å². The first kappa shape index (κ1) is 12.7. The topological polar surface area (TPSA) is 66.5 Å². The van der Waals surface area contributed by atoms with E-state index in [1.807, 2.05) is 0 Å². The number of hydrogen-bond donors (Lipinski definition) is 1. The molecule has 0 aromatic heterocycles. The third-order valence-corrected chi connectivity index (χ3v) is 2.96. The SMILES string of the molecule is O=C[C@@H]1C(=O)NC(=S)N(c2ccc(Cl)cc2)C1=O. The van der Waals surface area contributed by atoms with Crippen molar-refractivity contribution in [2.75, 3.05) is 4.90 Å². The van der Waals surface area contributed by atoms with Gasteiger partial charge in [0.25, 0.3) is 5.91 Å². The number of carbonyl (C=O) groups excluding carboxylic acids is 3. The van der Waals surface area contributed by atoms with E-state index in [0.29, 0.717) is 17.0 Å². The molecule has 92 valence electrons. The highest BCUT2D eigenvalue weighted by atomic mass is 35.5. The van der Waals surface area contributed by atoms with Crippen LogP contribution in [-0.4, -0.2) is 23.2 Å². The summed E-state index contributed by atoms with van der Waals surface area (Å²) in [6, 6.07) is 6.32. The van der Waals surface area contributed by atoms with Crippen molar-refractivity contribution in [3.8, 4) is 0 Å². The number of aldehydes is 1. The van der Waals surface area contributed by atoms with Gasteiger partial charge in [-0.05, 0) is 36.5 Å². The molecule has 1 aromatic rings. The van der Waals surface area contributed by atoms with Gasteiger partial charge in [0.2, 0.25) is 5.91 Å². The van der Waals surface area contributed by atoms with Gasteiger partial charge in [0.15, 0.2) is 11.0 Å². The molecular formula is C11H7ClN2O3S. The van der Waals surface area contributed by atoms with E-state index in [9.17, 15) is 14.4 Å². The maximum absolute atomic E-state index is 12.0. The van der Waals surface area contributed by atoms with Crippen LogP contribution in [0.5, 0.6) is 0 Å². The molecule has 1 N–H and O–H groups in total. The van der Waals surface area contributed by atoms with Crippen LogP contribution < -0.4 is 10.2 Å². The van der Waals surface area contributed by atoms with Crippen LogP contribution in [0.3, 0.4) is 0 Å². The highest BCUT2D eigenvalue weighted by Crippen LogP contribution is 2.22. The molecule has 1 aliphatic heterocycles. The molecule has 1 atom stereocenters. The minimum absolute atomic E-state index is 0.0505. The van der Waals surface area contributed by atoms with E-state index in [-0.39, 0.29) is 5.11 Å². The molecule has 0 radical (unpaired) electrons. The van der Waals surface area contributed by atoms with Crippen LogP contribution in [0.25, 0.3) is 0 Å². The molecule has 2 amide bonds. The first-order chi connectivity index (χ1) is 8.54. The van der Waals surface area contributed by atoms with Crippen LogP contribution in [0, 0.1) is 5.92 Å². The van der Waals surface area contributed by atoms with Crippen molar-refractivity contribution in [3.63, 3.8) is 0 Å². The minimum Gasteiger partial charge on any atom is -0.302 e. The first-order valence-electron chi connectivity index (χ1n) is 4.94. The number of anilines is 1. The number of nitrogens with zero attached hydrogens (tertiary/aromatic N) is 1. The van der Waals surface area contributed by atoms with Gasteiger partial charge in [0.1, 0.15) is 6.29 Å². The Morgan fingerprint density at radius 1 is 1.28 bits per heavy atom. The second-order valence-electron chi connectivity index (χ2n) is 3.56. The predicted molar refractivity (Wildman–Crippen MR) is 69.2 cm³/mol. The summed E-state index contributed by atoms with van der Waals surface area (Å²) in [6.07, 6.45) is 0.294. The zero-order valence-corrected chi connectivity index (χ0v) is 10.5. The Morgan fingerprint density at radius 3 is 2.44 bits per heavy atom. The summed E-state index contributed by atoms with van der Waals surface area (Å²) in [6.45, 7) is 0. The van der Waals surface area contributed by atoms with Gasteiger partial charge >= 0.3 is 0 Å². The van der Waals surface area contributed by atoms with Crippen LogP contribution >= 0.6 is 23.8 Å². The molecule has 18 heavy (non-hydrogen) atoms. The molecule has 7 heteroatoms. The van der Waals surface area contributed by atoms with Crippen molar-refractivity contribution in [3.05, 3.63) is 29.3 Å². The predicted octanol–water partition coefficient (Wildman–Crippen LogP) is 0.903. The number of amides is 2.